The Balaban J connectivity index is 2.21. The molecule has 84 valence electrons. The van der Waals surface area contributed by atoms with Crippen LogP contribution in [0.5, 0.6) is 0 Å². The maximum atomic E-state index is 6.15. The Morgan fingerprint density at radius 1 is 1.60 bits per heavy atom. The van der Waals surface area contributed by atoms with Gasteiger partial charge in [-0.1, -0.05) is 13.8 Å². The second kappa shape index (κ2) is 4.33. The topological polar surface area (TPSA) is 53.1 Å². The van der Waals surface area contributed by atoms with Crippen molar-refractivity contribution in [2.24, 2.45) is 11.7 Å². The molecule has 2 atom stereocenters. The molecule has 1 aliphatic heterocycles. The molecule has 4 heteroatoms. The van der Waals surface area contributed by atoms with E-state index in [4.69, 9.17) is 10.5 Å². The molecule has 1 saturated heterocycles. The number of aromatic nitrogens is 2. The van der Waals surface area contributed by atoms with Gasteiger partial charge in [0.2, 0.25) is 0 Å². The van der Waals surface area contributed by atoms with Gasteiger partial charge in [0, 0.05) is 18.8 Å². The largest absolute Gasteiger partial charge is 0.379 e. The highest BCUT2D eigenvalue weighted by atomic mass is 16.5. The summed E-state index contributed by atoms with van der Waals surface area (Å²) in [6.45, 7) is 5.90. The van der Waals surface area contributed by atoms with Gasteiger partial charge in [-0.2, -0.15) is 0 Å². The predicted molar refractivity (Wildman–Crippen MR) is 58.5 cm³/mol. The van der Waals surface area contributed by atoms with Gasteiger partial charge in [-0.25, -0.2) is 4.98 Å². The molecule has 0 saturated carbocycles. The quantitative estimate of drug-likeness (QED) is 0.820. The zero-order valence-corrected chi connectivity index (χ0v) is 9.39. The zero-order valence-electron chi connectivity index (χ0n) is 9.39. The Kier molecular flexibility index (Phi) is 3.07. The van der Waals surface area contributed by atoms with E-state index in [1.54, 1.807) is 0 Å². The van der Waals surface area contributed by atoms with Crippen LogP contribution < -0.4 is 5.73 Å². The van der Waals surface area contributed by atoms with E-state index in [0.29, 0.717) is 12.0 Å². The van der Waals surface area contributed by atoms with Crippen molar-refractivity contribution in [3.63, 3.8) is 0 Å². The van der Waals surface area contributed by atoms with Crippen molar-refractivity contribution in [2.45, 2.75) is 32.4 Å². The fourth-order valence-electron chi connectivity index (χ4n) is 1.96. The summed E-state index contributed by atoms with van der Waals surface area (Å²) < 4.78 is 7.56. The Bertz CT molecular complexity index is 299. The first-order chi connectivity index (χ1) is 7.20. The van der Waals surface area contributed by atoms with Gasteiger partial charge in [0.25, 0.3) is 0 Å². The van der Waals surface area contributed by atoms with Crippen LogP contribution >= 0.6 is 0 Å². The highest BCUT2D eigenvalue weighted by Gasteiger charge is 2.23. The summed E-state index contributed by atoms with van der Waals surface area (Å²) in [6, 6.07) is 0.486. The smallest absolute Gasteiger partial charge is 0.0952 e. The Morgan fingerprint density at radius 2 is 2.40 bits per heavy atom. The minimum atomic E-state index is 0.0631. The predicted octanol–water partition coefficient (Wildman–Crippen LogP) is 1.50. The minimum absolute atomic E-state index is 0.0631. The third kappa shape index (κ3) is 2.06. The van der Waals surface area contributed by atoms with Crippen LogP contribution in [0, 0.1) is 5.92 Å². The average Bonchev–Trinajstić information content (AvgIpc) is 2.86. The van der Waals surface area contributed by atoms with Crippen LogP contribution in [0.3, 0.4) is 0 Å². The lowest BCUT2D eigenvalue weighted by Gasteiger charge is -2.20. The summed E-state index contributed by atoms with van der Waals surface area (Å²) in [5, 5.41) is 0. The monoisotopic (exact) mass is 209 g/mol. The molecule has 1 fully saturated rings. The molecule has 0 aliphatic carbocycles. The van der Waals surface area contributed by atoms with E-state index in [9.17, 15) is 0 Å². The SMILES string of the molecule is CC(C)C(N)c1cncn1C1CCOC1. The number of ether oxygens (including phenoxy) is 1. The van der Waals surface area contributed by atoms with Gasteiger partial charge in [-0.15, -0.1) is 0 Å². The summed E-state index contributed by atoms with van der Waals surface area (Å²) in [7, 11) is 0. The minimum Gasteiger partial charge on any atom is -0.379 e. The van der Waals surface area contributed by atoms with E-state index in [0.717, 1.165) is 25.3 Å². The van der Waals surface area contributed by atoms with Gasteiger partial charge in [0.05, 0.1) is 24.7 Å². The first-order valence-corrected chi connectivity index (χ1v) is 5.55. The van der Waals surface area contributed by atoms with Crippen LogP contribution in [-0.2, 0) is 4.74 Å². The highest BCUT2D eigenvalue weighted by Crippen LogP contribution is 2.25. The number of imidazole rings is 1. The zero-order chi connectivity index (χ0) is 10.8. The van der Waals surface area contributed by atoms with Crippen LogP contribution in [0.1, 0.15) is 38.0 Å². The lowest BCUT2D eigenvalue weighted by Crippen LogP contribution is -2.22. The molecule has 0 aromatic carbocycles. The number of nitrogens with zero attached hydrogens (tertiary/aromatic N) is 2. The molecule has 2 rings (SSSR count). The normalized spacial score (nSPS) is 23.6. The summed E-state index contributed by atoms with van der Waals surface area (Å²) >= 11 is 0. The molecule has 0 bridgehead atoms. The van der Waals surface area contributed by atoms with Gasteiger partial charge in [0.1, 0.15) is 0 Å². The van der Waals surface area contributed by atoms with Crippen molar-refractivity contribution < 1.29 is 4.74 Å². The van der Waals surface area contributed by atoms with Gasteiger partial charge >= 0.3 is 0 Å². The molecule has 15 heavy (non-hydrogen) atoms. The summed E-state index contributed by atoms with van der Waals surface area (Å²) in [5.41, 5.74) is 7.27. The number of rotatable bonds is 3. The fourth-order valence-corrected chi connectivity index (χ4v) is 1.96. The molecule has 0 radical (unpaired) electrons. The van der Waals surface area contributed by atoms with Crippen molar-refractivity contribution in [3.8, 4) is 0 Å². The number of hydrogen-bond acceptors (Lipinski definition) is 3. The Morgan fingerprint density at radius 3 is 3.00 bits per heavy atom. The Labute approximate surface area is 90.4 Å². The molecular weight excluding hydrogens is 190 g/mol. The molecule has 0 spiro atoms. The molecule has 2 unspecified atom stereocenters. The molecule has 2 N–H and O–H groups in total. The van der Waals surface area contributed by atoms with Gasteiger partial charge in [0.15, 0.2) is 0 Å². The van der Waals surface area contributed by atoms with Crippen LogP contribution in [0.2, 0.25) is 0 Å². The van der Waals surface area contributed by atoms with Crippen LogP contribution in [0.15, 0.2) is 12.5 Å². The third-order valence-electron chi connectivity index (χ3n) is 3.05. The first kappa shape index (κ1) is 10.6. The summed E-state index contributed by atoms with van der Waals surface area (Å²) in [5.74, 6) is 0.433. The van der Waals surface area contributed by atoms with Crippen molar-refractivity contribution >= 4 is 0 Å². The van der Waals surface area contributed by atoms with E-state index >= 15 is 0 Å². The second-order valence-electron chi connectivity index (χ2n) is 4.51. The third-order valence-corrected chi connectivity index (χ3v) is 3.05. The van der Waals surface area contributed by atoms with Crippen molar-refractivity contribution in [1.29, 1.82) is 0 Å². The van der Waals surface area contributed by atoms with Gasteiger partial charge < -0.3 is 15.0 Å². The molecule has 0 amide bonds. The number of nitrogens with two attached hydrogens (primary N) is 1. The van der Waals surface area contributed by atoms with Crippen LogP contribution in [-0.4, -0.2) is 22.8 Å². The van der Waals surface area contributed by atoms with Crippen LogP contribution in [0.25, 0.3) is 0 Å². The van der Waals surface area contributed by atoms with E-state index in [1.165, 1.54) is 0 Å². The molecule has 1 aromatic rings. The lowest BCUT2D eigenvalue weighted by atomic mass is 10.0. The molecule has 2 heterocycles. The Hall–Kier alpha value is -0.870. The van der Waals surface area contributed by atoms with E-state index in [2.05, 4.69) is 23.4 Å². The van der Waals surface area contributed by atoms with Gasteiger partial charge in [-0.3, -0.25) is 0 Å². The second-order valence-corrected chi connectivity index (χ2v) is 4.51. The standard InChI is InChI=1S/C11H19N3O/c1-8(2)11(12)10-5-13-7-14(10)9-3-4-15-6-9/h5,7-9,11H,3-4,6,12H2,1-2H3. The van der Waals surface area contributed by atoms with Crippen molar-refractivity contribution in [2.75, 3.05) is 13.2 Å². The van der Waals surface area contributed by atoms with Crippen molar-refractivity contribution in [3.05, 3.63) is 18.2 Å². The maximum Gasteiger partial charge on any atom is 0.0952 e. The summed E-state index contributed by atoms with van der Waals surface area (Å²) in [6.07, 6.45) is 4.81. The molecular formula is C11H19N3O. The molecule has 1 aromatic heterocycles. The highest BCUT2D eigenvalue weighted by molar-refractivity contribution is 5.07. The van der Waals surface area contributed by atoms with E-state index in [1.807, 2.05) is 12.5 Å². The van der Waals surface area contributed by atoms with Crippen molar-refractivity contribution in [1.82, 2.24) is 9.55 Å². The summed E-state index contributed by atoms with van der Waals surface area (Å²) in [4.78, 5) is 4.20. The molecule has 1 aliphatic rings. The van der Waals surface area contributed by atoms with E-state index < -0.39 is 0 Å². The lowest BCUT2D eigenvalue weighted by molar-refractivity contribution is 0.185. The maximum absolute atomic E-state index is 6.15. The average molecular weight is 209 g/mol. The van der Waals surface area contributed by atoms with Gasteiger partial charge in [-0.05, 0) is 12.3 Å². The molecule has 4 nitrogen and oxygen atoms in total. The van der Waals surface area contributed by atoms with Crippen LogP contribution in [0.4, 0.5) is 0 Å². The first-order valence-electron chi connectivity index (χ1n) is 5.55. The van der Waals surface area contributed by atoms with E-state index in [-0.39, 0.29) is 6.04 Å². The number of hydrogen-bond donors (Lipinski definition) is 1. The fraction of sp³-hybridized carbons (Fsp3) is 0.727.